The van der Waals surface area contributed by atoms with Crippen molar-refractivity contribution in [2.24, 2.45) is 12.8 Å². The third-order valence-electron chi connectivity index (χ3n) is 1.84. The number of carbonyl (C=O) groups excluding carboxylic acids is 1. The van der Waals surface area contributed by atoms with E-state index in [-0.39, 0.29) is 16.4 Å². The zero-order chi connectivity index (χ0) is 13.9. The number of aromatic nitrogens is 2. The number of ether oxygens (including phenoxy) is 1. The van der Waals surface area contributed by atoms with Gasteiger partial charge in [0, 0.05) is 7.05 Å². The monoisotopic (exact) mass is 293 g/mol. The Morgan fingerprint density at radius 3 is 2.72 bits per heavy atom. The number of anilines is 1. The van der Waals surface area contributed by atoms with Crippen LogP contribution in [0.3, 0.4) is 0 Å². The van der Waals surface area contributed by atoms with E-state index in [4.69, 9.17) is 18.0 Å². The summed E-state index contributed by atoms with van der Waals surface area (Å²) < 4.78 is 32.2. The van der Waals surface area contributed by atoms with E-state index < -0.39 is 16.3 Å². The van der Waals surface area contributed by atoms with E-state index in [1.807, 2.05) is 0 Å². The van der Waals surface area contributed by atoms with Crippen LogP contribution < -0.4 is 15.2 Å². The number of aryl methyl sites for hydroxylation is 1. The molecular formula is C7H11N5O4S2. The highest BCUT2D eigenvalue weighted by atomic mass is 32.2. The van der Waals surface area contributed by atoms with E-state index in [9.17, 15) is 13.2 Å². The highest BCUT2D eigenvalue weighted by molar-refractivity contribution is 7.91. The molecule has 4 N–H and O–H groups in total. The van der Waals surface area contributed by atoms with Gasteiger partial charge in [-0.05, 0) is 0 Å². The van der Waals surface area contributed by atoms with Crippen molar-refractivity contribution in [1.29, 1.82) is 0 Å². The van der Waals surface area contributed by atoms with Crippen LogP contribution in [-0.2, 0) is 22.0 Å². The number of nitrogens with zero attached hydrogens (tertiary/aromatic N) is 2. The summed E-state index contributed by atoms with van der Waals surface area (Å²) in [6.45, 7) is 0. The maximum atomic E-state index is 11.5. The number of rotatable bonds is 4. The molecule has 0 saturated heterocycles. The van der Waals surface area contributed by atoms with Gasteiger partial charge in [-0.3, -0.25) is 4.68 Å². The molecule has 1 aromatic heterocycles. The van der Waals surface area contributed by atoms with Gasteiger partial charge < -0.3 is 10.5 Å². The molecule has 0 spiro atoms. The Labute approximate surface area is 108 Å². The van der Waals surface area contributed by atoms with Crippen LogP contribution in [0.1, 0.15) is 5.56 Å². The molecule has 1 heterocycles. The van der Waals surface area contributed by atoms with Crippen molar-refractivity contribution in [3.63, 3.8) is 0 Å². The average molecular weight is 293 g/mol. The lowest BCUT2D eigenvalue weighted by Gasteiger charge is -2.10. The number of nitrogens with two attached hydrogens (primary N) is 1. The number of hydrogen-bond donors (Lipinski definition) is 3. The molecule has 1 amide bonds. The predicted molar refractivity (Wildman–Crippen MR) is 67.2 cm³/mol. The summed E-state index contributed by atoms with van der Waals surface area (Å²) in [6, 6.07) is 0. The molecule has 0 radical (unpaired) electrons. The Balaban J connectivity index is 3.01. The van der Waals surface area contributed by atoms with Gasteiger partial charge in [-0.1, -0.05) is 12.2 Å². The Morgan fingerprint density at radius 1 is 1.61 bits per heavy atom. The minimum atomic E-state index is -4.14. The summed E-state index contributed by atoms with van der Waals surface area (Å²) in [5, 5.41) is 3.80. The number of methoxy groups -OCH3 is 1. The van der Waals surface area contributed by atoms with Crippen LogP contribution in [-0.4, -0.2) is 36.4 Å². The summed E-state index contributed by atoms with van der Waals surface area (Å²) in [6.07, 6.45) is 0.180. The third kappa shape index (κ3) is 3.30. The van der Waals surface area contributed by atoms with Crippen molar-refractivity contribution in [1.82, 2.24) is 14.5 Å². The van der Waals surface area contributed by atoms with E-state index in [0.29, 0.717) is 0 Å². The molecule has 100 valence electrons. The largest absolute Gasteiger partial charge is 0.452 e. The van der Waals surface area contributed by atoms with E-state index >= 15 is 0 Å². The number of carbonyl (C=O) groups is 1. The fraction of sp³-hybridized carbons (Fsp3) is 0.286. The summed E-state index contributed by atoms with van der Waals surface area (Å²) in [5.74, 6) is 0.0407. The van der Waals surface area contributed by atoms with Gasteiger partial charge in [0.1, 0.15) is 10.8 Å². The molecule has 0 fully saturated rings. The number of hydrogen-bond acceptors (Lipinski definition) is 6. The van der Waals surface area contributed by atoms with E-state index in [2.05, 4.69) is 14.6 Å². The lowest BCUT2D eigenvalue weighted by atomic mass is 10.3. The fourth-order valence-electron chi connectivity index (χ4n) is 1.04. The van der Waals surface area contributed by atoms with Crippen LogP contribution in [0.5, 0.6) is 0 Å². The normalized spacial score (nSPS) is 10.8. The molecular weight excluding hydrogens is 282 g/mol. The Kier molecular flexibility index (Phi) is 4.08. The van der Waals surface area contributed by atoms with Crippen molar-refractivity contribution in [3.8, 4) is 0 Å². The van der Waals surface area contributed by atoms with Gasteiger partial charge in [-0.15, -0.1) is 0 Å². The van der Waals surface area contributed by atoms with Gasteiger partial charge in [0.15, 0.2) is 0 Å². The topological polar surface area (TPSA) is 128 Å². The second kappa shape index (κ2) is 5.18. The maximum Gasteiger partial charge on any atom is 0.422 e. The van der Waals surface area contributed by atoms with Gasteiger partial charge in [-0.25, -0.2) is 14.2 Å². The van der Waals surface area contributed by atoms with Crippen LogP contribution in [0, 0.1) is 0 Å². The minimum absolute atomic E-state index is 0.0288. The van der Waals surface area contributed by atoms with E-state index in [0.717, 1.165) is 7.11 Å². The average Bonchev–Trinajstić information content (AvgIpc) is 2.59. The van der Waals surface area contributed by atoms with Gasteiger partial charge in [0.2, 0.25) is 0 Å². The standard InChI is InChI=1S/C7H11N5O4S2/c1-12-6(4(3-9-12)5(8)17)10-18(14,15)11-7(13)16-2/h3,10H,1-2H3,(H2,8,17)(H,11,13). The lowest BCUT2D eigenvalue weighted by molar-refractivity contribution is 0.177. The summed E-state index contributed by atoms with van der Waals surface area (Å²) in [7, 11) is -1.62. The van der Waals surface area contributed by atoms with Crippen molar-refractivity contribution in [2.45, 2.75) is 0 Å². The first-order valence-electron chi connectivity index (χ1n) is 4.47. The molecule has 18 heavy (non-hydrogen) atoms. The van der Waals surface area contributed by atoms with Gasteiger partial charge in [0.05, 0.1) is 18.9 Å². The Bertz CT molecular complexity index is 579. The Hall–Kier alpha value is -1.88. The number of thiocarbonyl (C=S) groups is 1. The van der Waals surface area contributed by atoms with E-state index in [1.165, 1.54) is 17.9 Å². The molecule has 0 aliphatic heterocycles. The molecule has 11 heteroatoms. The lowest BCUT2D eigenvalue weighted by Crippen LogP contribution is -2.36. The fourth-order valence-corrected chi connectivity index (χ4v) is 2.04. The number of nitrogens with one attached hydrogen (secondary N) is 2. The smallest absolute Gasteiger partial charge is 0.422 e. The molecule has 0 aromatic carbocycles. The number of amides is 1. The molecule has 0 saturated carbocycles. The summed E-state index contributed by atoms with van der Waals surface area (Å²) in [4.78, 5) is 10.8. The first-order valence-corrected chi connectivity index (χ1v) is 6.36. The molecule has 0 aliphatic rings. The maximum absolute atomic E-state index is 11.5. The summed E-state index contributed by atoms with van der Waals surface area (Å²) in [5.41, 5.74) is 5.64. The molecule has 0 aliphatic carbocycles. The molecule has 0 bridgehead atoms. The molecule has 0 atom stereocenters. The SMILES string of the molecule is COC(=O)NS(=O)(=O)Nc1c(C(N)=S)cnn1C. The van der Waals surface area contributed by atoms with Gasteiger partial charge >= 0.3 is 16.3 Å². The highest BCUT2D eigenvalue weighted by Crippen LogP contribution is 2.14. The van der Waals surface area contributed by atoms with Crippen LogP contribution >= 0.6 is 12.2 Å². The first-order chi connectivity index (χ1) is 8.26. The van der Waals surface area contributed by atoms with E-state index in [1.54, 1.807) is 4.72 Å². The van der Waals surface area contributed by atoms with Crippen molar-refractivity contribution < 1.29 is 17.9 Å². The first kappa shape index (κ1) is 14.2. The third-order valence-corrected chi connectivity index (χ3v) is 2.96. The molecule has 1 aromatic rings. The van der Waals surface area contributed by atoms with Crippen molar-refractivity contribution in [2.75, 3.05) is 11.8 Å². The second-order valence-corrected chi connectivity index (χ2v) is 4.95. The molecule has 0 unspecified atom stereocenters. The predicted octanol–water partition coefficient (Wildman–Crippen LogP) is -0.933. The summed E-state index contributed by atoms with van der Waals surface area (Å²) >= 11 is 4.74. The van der Waals surface area contributed by atoms with Crippen LogP contribution in [0.15, 0.2) is 6.20 Å². The van der Waals surface area contributed by atoms with Crippen molar-refractivity contribution >= 4 is 39.3 Å². The minimum Gasteiger partial charge on any atom is -0.452 e. The quantitative estimate of drug-likeness (QED) is 0.611. The van der Waals surface area contributed by atoms with Crippen LogP contribution in [0.4, 0.5) is 10.6 Å². The van der Waals surface area contributed by atoms with Crippen LogP contribution in [0.2, 0.25) is 0 Å². The van der Waals surface area contributed by atoms with Gasteiger partial charge in [-0.2, -0.15) is 13.5 Å². The zero-order valence-electron chi connectivity index (χ0n) is 9.50. The Morgan fingerprint density at radius 2 is 2.22 bits per heavy atom. The van der Waals surface area contributed by atoms with Crippen molar-refractivity contribution in [3.05, 3.63) is 11.8 Å². The van der Waals surface area contributed by atoms with Gasteiger partial charge in [0.25, 0.3) is 0 Å². The second-order valence-electron chi connectivity index (χ2n) is 3.09. The zero-order valence-corrected chi connectivity index (χ0v) is 11.1. The van der Waals surface area contributed by atoms with Crippen LogP contribution in [0.25, 0.3) is 0 Å². The highest BCUT2D eigenvalue weighted by Gasteiger charge is 2.19. The molecule has 9 nitrogen and oxygen atoms in total. The molecule has 1 rings (SSSR count).